The van der Waals surface area contributed by atoms with Gasteiger partial charge in [-0.3, -0.25) is 9.59 Å². The number of rotatable bonds is 3. The van der Waals surface area contributed by atoms with Gasteiger partial charge in [-0.05, 0) is 37.1 Å². The van der Waals surface area contributed by atoms with Gasteiger partial charge in [0.2, 0.25) is 0 Å². The molecule has 0 aliphatic carbocycles. The number of amides is 1. The largest absolute Gasteiger partial charge is 0.464 e. The number of ether oxygens (including phenoxy) is 1. The van der Waals surface area contributed by atoms with Crippen molar-refractivity contribution in [3.8, 4) is 0 Å². The molecule has 0 bridgehead atoms. The average Bonchev–Trinajstić information content (AvgIpc) is 3.43. The second-order valence-corrected chi connectivity index (χ2v) is 7.74. The standard InChI is InChI=1S/C21H21N3O4/c25-19(16-1-2-18-15(11-16)3-10-27-18)24-7-4-21(5-8-24)12-17(28-20(21)26)13-23-9-6-22-14-23/h1-3,6,9-11,14,17H,4-5,7-8,12-13H2. The van der Waals surface area contributed by atoms with Crippen LogP contribution in [0.1, 0.15) is 29.6 Å². The fourth-order valence-electron chi connectivity index (χ4n) is 4.40. The second-order valence-electron chi connectivity index (χ2n) is 7.74. The first-order valence-electron chi connectivity index (χ1n) is 9.56. The van der Waals surface area contributed by atoms with Crippen molar-refractivity contribution in [1.82, 2.24) is 14.5 Å². The van der Waals surface area contributed by atoms with Gasteiger partial charge in [0.05, 0.1) is 24.6 Å². The van der Waals surface area contributed by atoms with E-state index in [2.05, 4.69) is 4.98 Å². The molecule has 2 aliphatic rings. The van der Waals surface area contributed by atoms with Gasteiger partial charge in [-0.2, -0.15) is 0 Å². The summed E-state index contributed by atoms with van der Waals surface area (Å²) < 4.78 is 12.9. The Bertz CT molecular complexity index is 1020. The van der Waals surface area contributed by atoms with Crippen molar-refractivity contribution in [3.63, 3.8) is 0 Å². The molecule has 1 atom stereocenters. The van der Waals surface area contributed by atoms with Crippen molar-refractivity contribution in [1.29, 1.82) is 0 Å². The highest BCUT2D eigenvalue weighted by molar-refractivity contribution is 5.98. The van der Waals surface area contributed by atoms with E-state index in [9.17, 15) is 9.59 Å². The van der Waals surface area contributed by atoms with E-state index in [1.807, 2.05) is 33.9 Å². The summed E-state index contributed by atoms with van der Waals surface area (Å²) in [7, 11) is 0. The van der Waals surface area contributed by atoms with E-state index < -0.39 is 5.41 Å². The number of hydrogen-bond donors (Lipinski definition) is 0. The highest BCUT2D eigenvalue weighted by Gasteiger charge is 2.50. The van der Waals surface area contributed by atoms with Crippen molar-refractivity contribution in [2.24, 2.45) is 5.41 Å². The molecule has 5 rings (SSSR count). The average molecular weight is 379 g/mol. The Labute approximate surface area is 161 Å². The van der Waals surface area contributed by atoms with E-state index in [1.54, 1.807) is 24.9 Å². The number of piperidine rings is 1. The zero-order chi connectivity index (χ0) is 19.1. The molecule has 2 aliphatic heterocycles. The maximum absolute atomic E-state index is 12.9. The number of carbonyl (C=O) groups excluding carboxylic acids is 2. The van der Waals surface area contributed by atoms with Crippen molar-refractivity contribution in [3.05, 3.63) is 54.8 Å². The van der Waals surface area contributed by atoms with E-state index in [-0.39, 0.29) is 18.0 Å². The molecule has 144 valence electrons. The normalized spacial score (nSPS) is 21.4. The van der Waals surface area contributed by atoms with Crippen molar-refractivity contribution in [2.45, 2.75) is 31.9 Å². The first-order valence-corrected chi connectivity index (χ1v) is 9.56. The molecule has 0 N–H and O–H groups in total. The summed E-state index contributed by atoms with van der Waals surface area (Å²) in [5.41, 5.74) is 0.958. The molecule has 2 saturated heterocycles. The number of imidazole rings is 1. The molecule has 1 spiro atoms. The molecule has 4 heterocycles. The minimum Gasteiger partial charge on any atom is -0.464 e. The lowest BCUT2D eigenvalue weighted by Gasteiger charge is -2.36. The summed E-state index contributed by atoms with van der Waals surface area (Å²) in [5, 5.41) is 0.918. The highest BCUT2D eigenvalue weighted by atomic mass is 16.6. The van der Waals surface area contributed by atoms with E-state index in [1.165, 1.54) is 0 Å². The van der Waals surface area contributed by atoms with Crippen LogP contribution >= 0.6 is 0 Å². The third-order valence-electron chi connectivity index (χ3n) is 6.01. The lowest BCUT2D eigenvalue weighted by Crippen LogP contribution is -2.45. The van der Waals surface area contributed by atoms with Crippen molar-refractivity contribution >= 4 is 22.8 Å². The fraction of sp³-hybridized carbons (Fsp3) is 0.381. The molecule has 1 aromatic carbocycles. The number of fused-ring (bicyclic) bond motifs is 1. The SMILES string of the molecule is O=C(c1ccc2occc2c1)N1CCC2(CC1)CC(Cn1ccnc1)OC2=O. The third kappa shape index (κ3) is 2.87. The topological polar surface area (TPSA) is 77.6 Å². The number of benzene rings is 1. The van der Waals surface area contributed by atoms with Gasteiger partial charge in [-0.15, -0.1) is 0 Å². The van der Waals surface area contributed by atoms with Crippen LogP contribution in [0.2, 0.25) is 0 Å². The highest BCUT2D eigenvalue weighted by Crippen LogP contribution is 2.43. The predicted molar refractivity (Wildman–Crippen MR) is 101 cm³/mol. The van der Waals surface area contributed by atoms with E-state index >= 15 is 0 Å². The molecule has 7 nitrogen and oxygen atoms in total. The Kier molecular flexibility index (Phi) is 3.96. The maximum Gasteiger partial charge on any atom is 0.312 e. The van der Waals surface area contributed by atoms with E-state index in [0.29, 0.717) is 44.5 Å². The Hall–Kier alpha value is -3.09. The lowest BCUT2D eigenvalue weighted by molar-refractivity contribution is -0.150. The molecule has 1 unspecified atom stereocenters. The number of esters is 1. The molecule has 28 heavy (non-hydrogen) atoms. The molecule has 3 aromatic rings. The summed E-state index contributed by atoms with van der Waals surface area (Å²) in [6.07, 6.45) is 8.80. The Morgan fingerprint density at radius 2 is 2.11 bits per heavy atom. The molecule has 2 aromatic heterocycles. The van der Waals surface area contributed by atoms with Crippen LogP contribution in [0.3, 0.4) is 0 Å². The van der Waals surface area contributed by atoms with E-state index in [4.69, 9.17) is 9.15 Å². The molecular formula is C21H21N3O4. The minimum atomic E-state index is -0.462. The van der Waals surface area contributed by atoms with Crippen LogP contribution < -0.4 is 0 Å². The monoisotopic (exact) mass is 379 g/mol. The molecule has 0 saturated carbocycles. The number of furan rings is 1. The summed E-state index contributed by atoms with van der Waals surface area (Å²) in [6.45, 7) is 1.76. The molecular weight excluding hydrogens is 358 g/mol. The fourth-order valence-corrected chi connectivity index (χ4v) is 4.40. The first kappa shape index (κ1) is 17.0. The number of cyclic esters (lactones) is 1. The number of likely N-dealkylation sites (tertiary alicyclic amines) is 1. The number of nitrogens with zero attached hydrogens (tertiary/aromatic N) is 3. The van der Waals surface area contributed by atoms with Crippen LogP contribution in [0.5, 0.6) is 0 Å². The van der Waals surface area contributed by atoms with Crippen LogP contribution in [0.15, 0.2) is 53.7 Å². The summed E-state index contributed by atoms with van der Waals surface area (Å²) in [4.78, 5) is 31.4. The van der Waals surface area contributed by atoms with Gasteiger partial charge in [0.15, 0.2) is 0 Å². The van der Waals surface area contributed by atoms with Crippen molar-refractivity contribution < 1.29 is 18.7 Å². The molecule has 7 heteroatoms. The Morgan fingerprint density at radius 1 is 1.25 bits per heavy atom. The van der Waals surface area contributed by atoms with Gasteiger partial charge in [-0.25, -0.2) is 4.98 Å². The predicted octanol–water partition coefficient (Wildman–Crippen LogP) is 2.87. The van der Waals surface area contributed by atoms with Crippen LogP contribution in [0.25, 0.3) is 11.0 Å². The Morgan fingerprint density at radius 3 is 2.89 bits per heavy atom. The van der Waals surface area contributed by atoms with E-state index in [0.717, 1.165) is 11.0 Å². The second kappa shape index (κ2) is 6.51. The zero-order valence-electron chi connectivity index (χ0n) is 15.4. The van der Waals surface area contributed by atoms with Gasteiger partial charge < -0.3 is 18.6 Å². The summed E-state index contributed by atoms with van der Waals surface area (Å²) in [6, 6.07) is 7.33. The molecule has 1 amide bonds. The van der Waals surface area contributed by atoms with Crippen LogP contribution in [0, 0.1) is 5.41 Å². The van der Waals surface area contributed by atoms with Gasteiger partial charge >= 0.3 is 5.97 Å². The van der Waals surface area contributed by atoms with Crippen LogP contribution in [-0.2, 0) is 16.1 Å². The molecule has 0 radical (unpaired) electrons. The smallest absolute Gasteiger partial charge is 0.312 e. The van der Waals surface area contributed by atoms with Crippen LogP contribution in [-0.4, -0.2) is 45.5 Å². The lowest BCUT2D eigenvalue weighted by atomic mass is 9.76. The zero-order valence-corrected chi connectivity index (χ0v) is 15.4. The summed E-state index contributed by atoms with van der Waals surface area (Å²) in [5.74, 6) is -0.121. The van der Waals surface area contributed by atoms with Crippen molar-refractivity contribution in [2.75, 3.05) is 13.1 Å². The quantitative estimate of drug-likeness (QED) is 0.654. The number of hydrogen-bond acceptors (Lipinski definition) is 5. The molecule has 2 fully saturated rings. The van der Waals surface area contributed by atoms with Crippen LogP contribution in [0.4, 0.5) is 0 Å². The third-order valence-corrected chi connectivity index (χ3v) is 6.01. The number of aromatic nitrogens is 2. The maximum atomic E-state index is 12.9. The summed E-state index contributed by atoms with van der Waals surface area (Å²) >= 11 is 0. The Balaban J connectivity index is 1.25. The number of carbonyl (C=O) groups is 2. The van der Waals surface area contributed by atoms with Gasteiger partial charge in [0, 0.05) is 42.9 Å². The van der Waals surface area contributed by atoms with Gasteiger partial charge in [0.1, 0.15) is 11.7 Å². The van der Waals surface area contributed by atoms with Gasteiger partial charge in [-0.1, -0.05) is 0 Å². The first-order chi connectivity index (χ1) is 13.6. The van der Waals surface area contributed by atoms with Gasteiger partial charge in [0.25, 0.3) is 5.91 Å². The minimum absolute atomic E-state index is 0.000667.